The minimum atomic E-state index is -0.597. The maximum Gasteiger partial charge on any atom is 0.129 e. The molecule has 0 radical (unpaired) electrons. The van der Waals surface area contributed by atoms with Crippen molar-refractivity contribution in [1.82, 2.24) is 5.32 Å². The van der Waals surface area contributed by atoms with Gasteiger partial charge in [-0.2, -0.15) is 0 Å². The van der Waals surface area contributed by atoms with Crippen molar-refractivity contribution in [3.05, 3.63) is 48.0 Å². The van der Waals surface area contributed by atoms with Crippen molar-refractivity contribution in [1.29, 1.82) is 0 Å². The first-order valence-electron chi connectivity index (χ1n) is 9.06. The average Bonchev–Trinajstić information content (AvgIpc) is 2.70. The van der Waals surface area contributed by atoms with Crippen LogP contribution in [0.2, 0.25) is 0 Å². The van der Waals surface area contributed by atoms with Crippen molar-refractivity contribution in [2.45, 2.75) is 36.8 Å². The number of aliphatic hydroxyl groups is 1. The number of phenols is 1. The Morgan fingerprint density at radius 3 is 2.48 bits per heavy atom. The number of aliphatic hydroxyl groups excluding tert-OH is 1. The van der Waals surface area contributed by atoms with E-state index in [1.807, 2.05) is 18.4 Å². The lowest BCUT2D eigenvalue weighted by atomic mass is 10.1. The van der Waals surface area contributed by atoms with Crippen molar-refractivity contribution in [2.75, 3.05) is 26.5 Å². The zero-order valence-corrected chi connectivity index (χ0v) is 17.0. The molecule has 0 saturated carbocycles. The first-order chi connectivity index (χ1) is 13.0. The molecule has 2 atom stereocenters. The summed E-state index contributed by atoms with van der Waals surface area (Å²) in [5.41, 5.74) is 1.27. The molecule has 0 aliphatic heterocycles. The standard InChI is InChI=1S/C21H29NO4S/c1-15(4-5-16-6-8-18(25-2)9-7-16)22-13-17(23)14-26-19-10-11-20(24)21(12-19)27-3/h6-12,15,17,22-24H,4-5,13-14H2,1-3H3. The van der Waals surface area contributed by atoms with Gasteiger partial charge in [-0.1, -0.05) is 12.1 Å². The molecule has 2 aromatic rings. The van der Waals surface area contributed by atoms with E-state index in [0.717, 1.165) is 23.5 Å². The predicted molar refractivity (Wildman–Crippen MR) is 110 cm³/mol. The van der Waals surface area contributed by atoms with Crippen LogP contribution in [0, 0.1) is 0 Å². The molecular formula is C21H29NO4S. The summed E-state index contributed by atoms with van der Waals surface area (Å²) in [5.74, 6) is 1.75. The highest BCUT2D eigenvalue weighted by Gasteiger charge is 2.10. The average molecular weight is 392 g/mol. The van der Waals surface area contributed by atoms with Gasteiger partial charge in [0.15, 0.2) is 0 Å². The number of benzene rings is 2. The van der Waals surface area contributed by atoms with Gasteiger partial charge in [0.25, 0.3) is 0 Å². The summed E-state index contributed by atoms with van der Waals surface area (Å²) >= 11 is 1.45. The van der Waals surface area contributed by atoms with Crippen LogP contribution in [0.15, 0.2) is 47.4 Å². The molecule has 5 nitrogen and oxygen atoms in total. The van der Waals surface area contributed by atoms with Gasteiger partial charge in [0.1, 0.15) is 30.0 Å². The van der Waals surface area contributed by atoms with Crippen LogP contribution in [0.25, 0.3) is 0 Å². The molecule has 0 aliphatic carbocycles. The number of nitrogens with one attached hydrogen (secondary N) is 1. The monoisotopic (exact) mass is 391 g/mol. The fourth-order valence-corrected chi connectivity index (χ4v) is 3.12. The Morgan fingerprint density at radius 2 is 1.81 bits per heavy atom. The smallest absolute Gasteiger partial charge is 0.129 e. The molecule has 3 N–H and O–H groups in total. The fraction of sp³-hybridized carbons (Fsp3) is 0.429. The summed E-state index contributed by atoms with van der Waals surface area (Å²) in [6.07, 6.45) is 3.25. The number of phenolic OH excluding ortho intramolecular Hbond substituents is 1. The predicted octanol–water partition coefficient (Wildman–Crippen LogP) is 3.47. The minimum Gasteiger partial charge on any atom is -0.507 e. The van der Waals surface area contributed by atoms with E-state index in [1.54, 1.807) is 25.3 Å². The summed E-state index contributed by atoms with van der Waals surface area (Å²) in [7, 11) is 1.67. The SMILES string of the molecule is COc1ccc(CCC(C)NCC(O)COc2ccc(O)c(SC)c2)cc1. The van der Waals surface area contributed by atoms with Crippen LogP contribution in [0.3, 0.4) is 0 Å². The van der Waals surface area contributed by atoms with Gasteiger partial charge in [-0.25, -0.2) is 0 Å². The number of rotatable bonds is 11. The largest absolute Gasteiger partial charge is 0.507 e. The lowest BCUT2D eigenvalue weighted by Gasteiger charge is -2.18. The molecule has 0 aromatic heterocycles. The second-order valence-electron chi connectivity index (χ2n) is 6.49. The van der Waals surface area contributed by atoms with Gasteiger partial charge in [0.2, 0.25) is 0 Å². The fourth-order valence-electron chi connectivity index (χ4n) is 2.61. The Balaban J connectivity index is 1.67. The first-order valence-corrected chi connectivity index (χ1v) is 10.3. The molecule has 0 bridgehead atoms. The van der Waals surface area contributed by atoms with Crippen molar-refractivity contribution in [3.8, 4) is 17.2 Å². The number of ether oxygens (including phenoxy) is 2. The third-order valence-electron chi connectivity index (χ3n) is 4.32. The number of aryl methyl sites for hydroxylation is 1. The molecule has 2 rings (SSSR count). The van der Waals surface area contributed by atoms with Crippen LogP contribution in [0.4, 0.5) is 0 Å². The van der Waals surface area contributed by atoms with Crippen molar-refractivity contribution >= 4 is 11.8 Å². The summed E-state index contributed by atoms with van der Waals surface area (Å²) in [4.78, 5) is 0.757. The van der Waals surface area contributed by atoms with Crippen LogP contribution in [0.1, 0.15) is 18.9 Å². The molecule has 2 aromatic carbocycles. The summed E-state index contributed by atoms with van der Waals surface area (Å²) in [5, 5.41) is 23.1. The summed E-state index contributed by atoms with van der Waals surface area (Å²) < 4.78 is 10.8. The van der Waals surface area contributed by atoms with E-state index in [0.29, 0.717) is 18.3 Å². The zero-order chi connectivity index (χ0) is 19.6. The Kier molecular flexibility index (Phi) is 8.78. The quantitative estimate of drug-likeness (QED) is 0.510. The summed E-state index contributed by atoms with van der Waals surface area (Å²) in [6, 6.07) is 13.5. The van der Waals surface area contributed by atoms with Crippen LogP contribution in [-0.4, -0.2) is 48.9 Å². The van der Waals surface area contributed by atoms with Gasteiger partial charge >= 0.3 is 0 Å². The molecule has 0 heterocycles. The number of thioether (sulfide) groups is 1. The van der Waals surface area contributed by atoms with Crippen molar-refractivity contribution < 1.29 is 19.7 Å². The summed E-state index contributed by atoms with van der Waals surface area (Å²) in [6.45, 7) is 2.79. The highest BCUT2D eigenvalue weighted by molar-refractivity contribution is 7.98. The number of aromatic hydroxyl groups is 1. The highest BCUT2D eigenvalue weighted by atomic mass is 32.2. The molecule has 148 valence electrons. The molecule has 27 heavy (non-hydrogen) atoms. The van der Waals surface area contributed by atoms with E-state index in [1.165, 1.54) is 17.3 Å². The Morgan fingerprint density at radius 1 is 1.11 bits per heavy atom. The molecule has 0 fully saturated rings. The number of methoxy groups -OCH3 is 1. The van der Waals surface area contributed by atoms with Gasteiger partial charge in [0, 0.05) is 12.6 Å². The van der Waals surface area contributed by atoms with Crippen molar-refractivity contribution in [3.63, 3.8) is 0 Å². The topological polar surface area (TPSA) is 71.0 Å². The van der Waals surface area contributed by atoms with Crippen LogP contribution in [0.5, 0.6) is 17.2 Å². The van der Waals surface area contributed by atoms with E-state index in [4.69, 9.17) is 9.47 Å². The molecule has 0 aliphatic rings. The number of hydrogen-bond donors (Lipinski definition) is 3. The maximum absolute atomic E-state index is 10.1. The molecule has 2 unspecified atom stereocenters. The second kappa shape index (κ2) is 11.1. The maximum atomic E-state index is 10.1. The molecule has 6 heteroatoms. The van der Waals surface area contributed by atoms with E-state index < -0.39 is 6.10 Å². The zero-order valence-electron chi connectivity index (χ0n) is 16.1. The molecule has 0 amide bonds. The highest BCUT2D eigenvalue weighted by Crippen LogP contribution is 2.30. The first kappa shape index (κ1) is 21.4. The van der Waals surface area contributed by atoms with E-state index in [-0.39, 0.29) is 12.4 Å². The second-order valence-corrected chi connectivity index (χ2v) is 7.34. The third-order valence-corrected chi connectivity index (χ3v) is 5.09. The number of hydrogen-bond acceptors (Lipinski definition) is 6. The van der Waals surface area contributed by atoms with Crippen LogP contribution < -0.4 is 14.8 Å². The lowest BCUT2D eigenvalue weighted by Crippen LogP contribution is -2.36. The Hall–Kier alpha value is -1.89. The van der Waals surface area contributed by atoms with Gasteiger partial charge in [-0.15, -0.1) is 11.8 Å². The van der Waals surface area contributed by atoms with E-state index in [9.17, 15) is 10.2 Å². The lowest BCUT2D eigenvalue weighted by molar-refractivity contribution is 0.103. The molecule has 0 saturated heterocycles. The van der Waals surface area contributed by atoms with E-state index >= 15 is 0 Å². The molecule has 0 spiro atoms. The molecular weight excluding hydrogens is 362 g/mol. The van der Waals surface area contributed by atoms with Gasteiger partial charge in [0.05, 0.1) is 12.0 Å². The van der Waals surface area contributed by atoms with Crippen molar-refractivity contribution in [2.24, 2.45) is 0 Å². The minimum absolute atomic E-state index is 0.205. The Bertz CT molecular complexity index is 693. The van der Waals surface area contributed by atoms with Crippen LogP contribution in [-0.2, 0) is 6.42 Å². The van der Waals surface area contributed by atoms with Gasteiger partial charge in [-0.3, -0.25) is 0 Å². The van der Waals surface area contributed by atoms with E-state index in [2.05, 4.69) is 24.4 Å². The van der Waals surface area contributed by atoms with Crippen LogP contribution >= 0.6 is 11.8 Å². The van der Waals surface area contributed by atoms with Gasteiger partial charge in [-0.05, 0) is 61.9 Å². The third kappa shape index (κ3) is 7.33. The normalized spacial score (nSPS) is 13.2. The van der Waals surface area contributed by atoms with Gasteiger partial charge < -0.3 is 25.0 Å². The Labute approximate surface area is 165 Å².